The van der Waals surface area contributed by atoms with Gasteiger partial charge in [-0.2, -0.15) is 26.3 Å². The fraction of sp³-hybridized carbons (Fsp3) is 0.600. The first kappa shape index (κ1) is 22.4. The highest BCUT2D eigenvalue weighted by Crippen LogP contribution is 2.60. The van der Waals surface area contributed by atoms with Crippen molar-refractivity contribution < 1.29 is 35.9 Å². The average molecular weight is 436 g/mol. The predicted octanol–water partition coefficient (Wildman–Crippen LogP) is 4.38. The number of carbonyl (C=O) groups is 2. The van der Waals surface area contributed by atoms with Crippen LogP contribution in [0.3, 0.4) is 0 Å². The SMILES string of the molecule is O=C(CC1(C(F)(F)F)CC1)NCc1ccc(CNC(=O)CC2(C(F)(F)F)CC2)cc1. The Kier molecular flexibility index (Phi) is 5.81. The minimum atomic E-state index is -4.38. The lowest BCUT2D eigenvalue weighted by atomic mass is 10.0. The van der Waals surface area contributed by atoms with E-state index in [-0.39, 0.29) is 38.8 Å². The van der Waals surface area contributed by atoms with Gasteiger partial charge < -0.3 is 10.6 Å². The van der Waals surface area contributed by atoms with Crippen LogP contribution in [0.25, 0.3) is 0 Å². The van der Waals surface area contributed by atoms with Crippen molar-refractivity contribution in [2.24, 2.45) is 10.8 Å². The maximum atomic E-state index is 12.9. The number of rotatable bonds is 8. The third-order valence-corrected chi connectivity index (χ3v) is 5.91. The number of alkyl halides is 6. The second-order valence-electron chi connectivity index (χ2n) is 8.28. The van der Waals surface area contributed by atoms with E-state index in [9.17, 15) is 35.9 Å². The summed E-state index contributed by atoms with van der Waals surface area (Å²) in [7, 11) is 0. The van der Waals surface area contributed by atoms with Crippen LogP contribution in [0.15, 0.2) is 24.3 Å². The van der Waals surface area contributed by atoms with Gasteiger partial charge in [0.25, 0.3) is 0 Å². The normalized spacial score (nSPS) is 19.1. The summed E-state index contributed by atoms with van der Waals surface area (Å²) in [6.07, 6.45) is -10.1. The zero-order valence-electron chi connectivity index (χ0n) is 16.1. The van der Waals surface area contributed by atoms with Crippen LogP contribution in [0.5, 0.6) is 0 Å². The molecule has 2 saturated carbocycles. The molecule has 10 heteroatoms. The molecule has 2 N–H and O–H groups in total. The second-order valence-corrected chi connectivity index (χ2v) is 8.28. The molecule has 166 valence electrons. The van der Waals surface area contributed by atoms with Crippen LogP contribution >= 0.6 is 0 Å². The minimum Gasteiger partial charge on any atom is -0.352 e. The van der Waals surface area contributed by atoms with Gasteiger partial charge in [0.05, 0.1) is 10.8 Å². The van der Waals surface area contributed by atoms with E-state index in [0.29, 0.717) is 11.1 Å². The van der Waals surface area contributed by atoms with Gasteiger partial charge in [0.2, 0.25) is 11.8 Å². The molecule has 2 amide bonds. The molecule has 0 saturated heterocycles. The molecule has 0 unspecified atom stereocenters. The molecule has 2 aliphatic rings. The maximum Gasteiger partial charge on any atom is 0.395 e. The number of carbonyl (C=O) groups excluding carboxylic acids is 2. The lowest BCUT2D eigenvalue weighted by Gasteiger charge is -2.18. The van der Waals surface area contributed by atoms with Crippen LogP contribution in [0.4, 0.5) is 26.3 Å². The molecule has 0 heterocycles. The summed E-state index contributed by atoms with van der Waals surface area (Å²) in [6.45, 7) is 0.126. The quantitative estimate of drug-likeness (QED) is 0.594. The lowest BCUT2D eigenvalue weighted by Crippen LogP contribution is -2.33. The second kappa shape index (κ2) is 7.77. The van der Waals surface area contributed by atoms with Gasteiger partial charge in [0.1, 0.15) is 0 Å². The Morgan fingerprint density at radius 3 is 1.23 bits per heavy atom. The Labute approximate surface area is 169 Å². The Balaban J connectivity index is 1.41. The van der Waals surface area contributed by atoms with Gasteiger partial charge in [-0.3, -0.25) is 9.59 Å². The summed E-state index contributed by atoms with van der Waals surface area (Å²) < 4.78 is 77.3. The zero-order chi connectivity index (χ0) is 22.2. The summed E-state index contributed by atoms with van der Waals surface area (Å²) in [5.74, 6) is -1.33. The number of halogens is 6. The predicted molar refractivity (Wildman–Crippen MR) is 94.8 cm³/mol. The molecule has 0 radical (unpaired) electrons. The number of benzene rings is 1. The van der Waals surface area contributed by atoms with Crippen molar-refractivity contribution >= 4 is 11.8 Å². The standard InChI is InChI=1S/C20H22F6N2O2/c21-19(22,23)17(5-6-17)9-15(29)27-11-13-1-2-14(4-3-13)12-28-16(30)10-18(7-8-18)20(24,25)26/h1-4H,5-12H2,(H,27,29)(H,28,30). The van der Waals surface area contributed by atoms with Crippen LogP contribution < -0.4 is 10.6 Å². The van der Waals surface area contributed by atoms with Gasteiger partial charge in [-0.25, -0.2) is 0 Å². The molecule has 0 spiro atoms. The molecular formula is C20H22F6N2O2. The van der Waals surface area contributed by atoms with Crippen molar-refractivity contribution in [1.82, 2.24) is 10.6 Å². The Hall–Kier alpha value is -2.26. The molecule has 1 aromatic carbocycles. The monoisotopic (exact) mass is 436 g/mol. The number of nitrogens with one attached hydrogen (secondary N) is 2. The molecule has 0 aromatic heterocycles. The Bertz CT molecular complexity index is 726. The van der Waals surface area contributed by atoms with Gasteiger partial charge in [0, 0.05) is 25.9 Å². The summed E-state index contributed by atoms with van der Waals surface area (Å²) in [4.78, 5) is 23.6. The van der Waals surface area contributed by atoms with Crippen LogP contribution in [0.1, 0.15) is 49.7 Å². The van der Waals surface area contributed by atoms with E-state index in [2.05, 4.69) is 10.6 Å². The largest absolute Gasteiger partial charge is 0.395 e. The van der Waals surface area contributed by atoms with E-state index in [1.807, 2.05) is 0 Å². The van der Waals surface area contributed by atoms with Crippen LogP contribution in [0.2, 0.25) is 0 Å². The molecule has 0 atom stereocenters. The molecule has 2 fully saturated rings. The fourth-order valence-electron chi connectivity index (χ4n) is 3.34. The zero-order valence-corrected chi connectivity index (χ0v) is 16.1. The van der Waals surface area contributed by atoms with Gasteiger partial charge in [-0.15, -0.1) is 0 Å². The van der Waals surface area contributed by atoms with E-state index < -0.39 is 47.8 Å². The van der Waals surface area contributed by atoms with Crippen molar-refractivity contribution in [3.63, 3.8) is 0 Å². The first-order valence-corrected chi connectivity index (χ1v) is 9.61. The van der Waals surface area contributed by atoms with Gasteiger partial charge in [0.15, 0.2) is 0 Å². The maximum absolute atomic E-state index is 12.9. The van der Waals surface area contributed by atoms with E-state index >= 15 is 0 Å². The Morgan fingerprint density at radius 1 is 0.700 bits per heavy atom. The van der Waals surface area contributed by atoms with Crippen molar-refractivity contribution in [2.75, 3.05) is 0 Å². The third kappa shape index (κ3) is 5.07. The molecule has 30 heavy (non-hydrogen) atoms. The summed E-state index contributed by atoms with van der Waals surface area (Å²) in [5, 5.41) is 4.94. The van der Waals surface area contributed by atoms with Crippen LogP contribution in [-0.2, 0) is 22.7 Å². The fourth-order valence-corrected chi connectivity index (χ4v) is 3.34. The van der Waals surface area contributed by atoms with Crippen molar-refractivity contribution in [1.29, 1.82) is 0 Å². The summed E-state index contributed by atoms with van der Waals surface area (Å²) in [5.41, 5.74) is -2.46. The first-order valence-electron chi connectivity index (χ1n) is 9.61. The topological polar surface area (TPSA) is 58.2 Å². The van der Waals surface area contributed by atoms with E-state index in [1.54, 1.807) is 24.3 Å². The van der Waals surface area contributed by atoms with Crippen LogP contribution in [0, 0.1) is 10.8 Å². The van der Waals surface area contributed by atoms with Gasteiger partial charge in [-0.1, -0.05) is 24.3 Å². The smallest absolute Gasteiger partial charge is 0.352 e. The minimum absolute atomic E-state index is 0.0333. The van der Waals surface area contributed by atoms with E-state index in [1.165, 1.54) is 0 Å². The van der Waals surface area contributed by atoms with E-state index in [4.69, 9.17) is 0 Å². The van der Waals surface area contributed by atoms with Crippen LogP contribution in [-0.4, -0.2) is 24.2 Å². The summed E-state index contributed by atoms with van der Waals surface area (Å²) in [6, 6.07) is 6.54. The molecule has 2 aliphatic carbocycles. The third-order valence-electron chi connectivity index (χ3n) is 5.91. The highest BCUT2D eigenvalue weighted by Gasteiger charge is 2.64. The highest BCUT2D eigenvalue weighted by atomic mass is 19.4. The first-order chi connectivity index (χ1) is 13.9. The van der Waals surface area contributed by atoms with Gasteiger partial charge >= 0.3 is 12.4 Å². The molecule has 3 rings (SSSR count). The van der Waals surface area contributed by atoms with Crippen molar-refractivity contribution in [3.8, 4) is 0 Å². The molecule has 0 bridgehead atoms. The molecular weight excluding hydrogens is 414 g/mol. The molecule has 1 aromatic rings. The average Bonchev–Trinajstić information content (AvgIpc) is 3.54. The number of amides is 2. The lowest BCUT2D eigenvalue weighted by molar-refractivity contribution is -0.190. The van der Waals surface area contributed by atoms with Gasteiger partial charge in [-0.05, 0) is 36.8 Å². The molecule has 4 nitrogen and oxygen atoms in total. The van der Waals surface area contributed by atoms with Crippen molar-refractivity contribution in [2.45, 2.75) is 64.0 Å². The number of hydrogen-bond acceptors (Lipinski definition) is 2. The number of hydrogen-bond donors (Lipinski definition) is 2. The Morgan fingerprint density at radius 2 is 1.00 bits per heavy atom. The van der Waals surface area contributed by atoms with E-state index in [0.717, 1.165) is 0 Å². The highest BCUT2D eigenvalue weighted by molar-refractivity contribution is 5.77. The molecule has 0 aliphatic heterocycles. The summed E-state index contributed by atoms with van der Waals surface area (Å²) >= 11 is 0. The van der Waals surface area contributed by atoms with Crippen molar-refractivity contribution in [3.05, 3.63) is 35.4 Å².